The van der Waals surface area contributed by atoms with Gasteiger partial charge in [0, 0.05) is 0 Å². The third kappa shape index (κ3) is 3.08. The lowest BCUT2D eigenvalue weighted by molar-refractivity contribution is -0.146. The third-order valence-corrected chi connectivity index (χ3v) is 2.18. The van der Waals surface area contributed by atoms with Crippen LogP contribution >= 0.6 is 0 Å². The highest BCUT2D eigenvalue weighted by atomic mass is 16.8. The Morgan fingerprint density at radius 2 is 2.07 bits per heavy atom. The largest absolute Gasteiger partial charge is 0.394 e. The van der Waals surface area contributed by atoms with E-state index < -0.39 is 5.79 Å². The van der Waals surface area contributed by atoms with Gasteiger partial charge in [-0.15, -0.1) is 0 Å². The Hall–Kier alpha value is -0.380. The molecule has 1 N–H and O–H groups in total. The summed E-state index contributed by atoms with van der Waals surface area (Å²) in [5.41, 5.74) is 0. The van der Waals surface area contributed by atoms with Crippen molar-refractivity contribution in [1.82, 2.24) is 0 Å². The number of hydrogen-bond acceptors (Lipinski definition) is 3. The minimum atomic E-state index is -0.575. The van der Waals surface area contributed by atoms with E-state index in [4.69, 9.17) is 14.6 Å². The van der Waals surface area contributed by atoms with Crippen molar-refractivity contribution in [3.63, 3.8) is 0 Å². The van der Waals surface area contributed by atoms with E-state index in [0.717, 1.165) is 12.8 Å². The zero-order chi connectivity index (χ0) is 10.6. The van der Waals surface area contributed by atoms with E-state index in [0.29, 0.717) is 0 Å². The molecule has 0 unspecified atom stereocenters. The average molecular weight is 200 g/mol. The highest BCUT2D eigenvalue weighted by Gasteiger charge is 2.39. The van der Waals surface area contributed by atoms with Crippen molar-refractivity contribution in [2.24, 2.45) is 0 Å². The maximum absolute atomic E-state index is 9.09. The number of hydrogen-bond donors (Lipinski definition) is 1. The lowest BCUT2D eigenvalue weighted by atomic mass is 10.2. The third-order valence-electron chi connectivity index (χ3n) is 2.18. The summed E-state index contributed by atoms with van der Waals surface area (Å²) < 4.78 is 11.1. The van der Waals surface area contributed by atoms with Crippen molar-refractivity contribution in [3.8, 4) is 0 Å². The number of unbranched alkanes of at least 4 members (excludes halogenated alkanes) is 1. The first kappa shape index (κ1) is 11.7. The molecule has 0 aromatic heterocycles. The molecule has 0 aromatic rings. The summed E-state index contributed by atoms with van der Waals surface area (Å²) in [6.07, 6.45) is 5.90. The summed E-state index contributed by atoms with van der Waals surface area (Å²) >= 11 is 0. The molecule has 1 saturated heterocycles. The number of allylic oxidation sites excluding steroid dienone is 1. The Morgan fingerprint density at radius 3 is 2.64 bits per heavy atom. The lowest BCUT2D eigenvalue weighted by Gasteiger charge is -2.15. The molecule has 1 rings (SSSR count). The number of aliphatic hydroxyl groups is 1. The van der Waals surface area contributed by atoms with Crippen LogP contribution in [0, 0.1) is 0 Å². The SMILES string of the molecule is CCC/C=C/[C@H]1OC(C)(C)O[C@H]1CO. The van der Waals surface area contributed by atoms with Crippen molar-refractivity contribution in [2.75, 3.05) is 6.61 Å². The molecule has 1 heterocycles. The molecule has 0 saturated carbocycles. The molecule has 3 heteroatoms. The van der Waals surface area contributed by atoms with Crippen molar-refractivity contribution in [2.45, 2.75) is 51.6 Å². The van der Waals surface area contributed by atoms with Crippen molar-refractivity contribution in [3.05, 3.63) is 12.2 Å². The van der Waals surface area contributed by atoms with Gasteiger partial charge in [0.25, 0.3) is 0 Å². The smallest absolute Gasteiger partial charge is 0.164 e. The van der Waals surface area contributed by atoms with Gasteiger partial charge in [0.15, 0.2) is 5.79 Å². The topological polar surface area (TPSA) is 38.7 Å². The molecule has 1 aliphatic rings. The molecule has 2 atom stereocenters. The van der Waals surface area contributed by atoms with Gasteiger partial charge in [0.2, 0.25) is 0 Å². The van der Waals surface area contributed by atoms with Crippen molar-refractivity contribution < 1.29 is 14.6 Å². The minimum Gasteiger partial charge on any atom is -0.394 e. The van der Waals surface area contributed by atoms with Gasteiger partial charge in [0.05, 0.1) is 6.61 Å². The van der Waals surface area contributed by atoms with Gasteiger partial charge >= 0.3 is 0 Å². The van der Waals surface area contributed by atoms with E-state index in [2.05, 4.69) is 13.0 Å². The van der Waals surface area contributed by atoms with Crippen LogP contribution in [0.1, 0.15) is 33.6 Å². The van der Waals surface area contributed by atoms with Crippen LogP contribution in [0.2, 0.25) is 0 Å². The zero-order valence-electron chi connectivity index (χ0n) is 9.19. The molecule has 1 aliphatic heterocycles. The molecule has 0 amide bonds. The number of ether oxygens (including phenoxy) is 2. The summed E-state index contributed by atoms with van der Waals surface area (Å²) in [6, 6.07) is 0. The first-order valence-corrected chi connectivity index (χ1v) is 5.22. The summed E-state index contributed by atoms with van der Waals surface area (Å²) in [4.78, 5) is 0. The molecule has 0 bridgehead atoms. The number of aliphatic hydroxyl groups excluding tert-OH is 1. The zero-order valence-corrected chi connectivity index (χ0v) is 9.19. The quantitative estimate of drug-likeness (QED) is 0.704. The van der Waals surface area contributed by atoms with Gasteiger partial charge < -0.3 is 14.6 Å². The van der Waals surface area contributed by atoms with Crippen LogP contribution < -0.4 is 0 Å². The predicted molar refractivity (Wildman–Crippen MR) is 55.0 cm³/mol. The Morgan fingerprint density at radius 1 is 1.36 bits per heavy atom. The van der Waals surface area contributed by atoms with Crippen LogP contribution in [0.25, 0.3) is 0 Å². The fourth-order valence-electron chi connectivity index (χ4n) is 1.56. The van der Waals surface area contributed by atoms with E-state index >= 15 is 0 Å². The first-order chi connectivity index (χ1) is 6.59. The van der Waals surface area contributed by atoms with E-state index in [1.807, 2.05) is 19.9 Å². The van der Waals surface area contributed by atoms with Gasteiger partial charge in [-0.3, -0.25) is 0 Å². The molecule has 82 valence electrons. The summed E-state index contributed by atoms with van der Waals surface area (Å²) in [6.45, 7) is 5.86. The molecular formula is C11H20O3. The number of rotatable bonds is 4. The summed E-state index contributed by atoms with van der Waals surface area (Å²) in [5.74, 6) is -0.575. The van der Waals surface area contributed by atoms with E-state index in [1.54, 1.807) is 0 Å². The van der Waals surface area contributed by atoms with Crippen molar-refractivity contribution in [1.29, 1.82) is 0 Å². The molecule has 0 spiro atoms. The van der Waals surface area contributed by atoms with Crippen LogP contribution in [0.5, 0.6) is 0 Å². The molecular weight excluding hydrogens is 180 g/mol. The normalized spacial score (nSPS) is 31.4. The summed E-state index contributed by atoms with van der Waals surface area (Å²) in [5, 5.41) is 9.09. The fourth-order valence-corrected chi connectivity index (χ4v) is 1.56. The second-order valence-electron chi connectivity index (χ2n) is 4.04. The van der Waals surface area contributed by atoms with E-state index in [1.165, 1.54) is 0 Å². The van der Waals surface area contributed by atoms with Gasteiger partial charge in [-0.05, 0) is 20.3 Å². The minimum absolute atomic E-state index is 0.00453. The predicted octanol–water partition coefficient (Wildman–Crippen LogP) is 1.86. The first-order valence-electron chi connectivity index (χ1n) is 5.22. The van der Waals surface area contributed by atoms with Crippen LogP contribution in [0.4, 0.5) is 0 Å². The van der Waals surface area contributed by atoms with Gasteiger partial charge in [-0.2, -0.15) is 0 Å². The highest BCUT2D eigenvalue weighted by molar-refractivity contribution is 4.97. The Balaban J connectivity index is 2.51. The second-order valence-corrected chi connectivity index (χ2v) is 4.04. The van der Waals surface area contributed by atoms with Crippen LogP contribution in [-0.2, 0) is 9.47 Å². The molecule has 0 radical (unpaired) electrons. The van der Waals surface area contributed by atoms with Crippen LogP contribution in [-0.4, -0.2) is 29.7 Å². The van der Waals surface area contributed by atoms with E-state index in [-0.39, 0.29) is 18.8 Å². The maximum Gasteiger partial charge on any atom is 0.164 e. The maximum atomic E-state index is 9.09. The monoisotopic (exact) mass is 200 g/mol. The lowest BCUT2D eigenvalue weighted by Crippen LogP contribution is -2.24. The van der Waals surface area contributed by atoms with E-state index in [9.17, 15) is 0 Å². The van der Waals surface area contributed by atoms with Crippen molar-refractivity contribution >= 4 is 0 Å². The standard InChI is InChI=1S/C11H20O3/c1-4-5-6-7-9-10(8-12)14-11(2,3)13-9/h6-7,9-10,12H,4-5,8H2,1-3H3/b7-6+/t9-,10+/m1/s1. The highest BCUT2D eigenvalue weighted by Crippen LogP contribution is 2.28. The van der Waals surface area contributed by atoms with Gasteiger partial charge in [0.1, 0.15) is 12.2 Å². The van der Waals surface area contributed by atoms with Crippen LogP contribution in [0.3, 0.4) is 0 Å². The molecule has 0 aliphatic carbocycles. The average Bonchev–Trinajstić information content (AvgIpc) is 2.41. The molecule has 14 heavy (non-hydrogen) atoms. The molecule has 0 aromatic carbocycles. The van der Waals surface area contributed by atoms with Crippen LogP contribution in [0.15, 0.2) is 12.2 Å². The Bertz CT molecular complexity index is 199. The molecule has 3 nitrogen and oxygen atoms in total. The van der Waals surface area contributed by atoms with Gasteiger partial charge in [-0.25, -0.2) is 0 Å². The molecule has 1 fully saturated rings. The summed E-state index contributed by atoms with van der Waals surface area (Å²) in [7, 11) is 0. The Labute approximate surface area is 85.7 Å². The van der Waals surface area contributed by atoms with Gasteiger partial charge in [-0.1, -0.05) is 25.5 Å². The fraction of sp³-hybridized carbons (Fsp3) is 0.818. The second kappa shape index (κ2) is 4.91. The Kier molecular flexibility index (Phi) is 4.11.